The van der Waals surface area contributed by atoms with Crippen molar-refractivity contribution in [2.75, 3.05) is 6.79 Å². The minimum Gasteiger partial charge on any atom is -0.454 e. The molecule has 2 aromatic heterocycles. The van der Waals surface area contributed by atoms with E-state index in [1.807, 2.05) is 30.3 Å². The lowest BCUT2D eigenvalue weighted by molar-refractivity contribution is -0.137. The molecule has 5 rings (SSSR count). The van der Waals surface area contributed by atoms with Gasteiger partial charge in [0.2, 0.25) is 18.5 Å². The normalized spacial score (nSPS) is 12.8. The van der Waals surface area contributed by atoms with Crippen LogP contribution in [0.5, 0.6) is 11.5 Å². The number of alkyl halides is 3. The molecule has 11 heteroatoms. The Morgan fingerprint density at radius 1 is 0.875 bits per heavy atom. The van der Waals surface area contributed by atoms with Crippen LogP contribution in [0.1, 0.15) is 11.5 Å². The Labute approximate surface area is 183 Å². The lowest BCUT2D eigenvalue weighted by Crippen LogP contribution is -2.04. The van der Waals surface area contributed by atoms with E-state index < -0.39 is 11.7 Å². The fraction of sp³-hybridized carbons (Fsp3) is 0.143. The summed E-state index contributed by atoms with van der Waals surface area (Å²) in [6.07, 6.45) is -4.39. The lowest BCUT2D eigenvalue weighted by Gasteiger charge is -2.05. The Morgan fingerprint density at radius 2 is 1.66 bits per heavy atom. The number of hydrogen-bond acceptors (Lipinski definition) is 8. The summed E-state index contributed by atoms with van der Waals surface area (Å²) in [5.41, 5.74) is 1.25. The van der Waals surface area contributed by atoms with Gasteiger partial charge in [-0.05, 0) is 42.5 Å². The molecule has 0 saturated heterocycles. The van der Waals surface area contributed by atoms with Gasteiger partial charge in [-0.3, -0.25) is 0 Å². The number of halogens is 3. The highest BCUT2D eigenvalue weighted by molar-refractivity contribution is 7.98. The number of nitrogens with zero attached hydrogens (tertiary/aromatic N) is 4. The summed E-state index contributed by atoms with van der Waals surface area (Å²) in [4.78, 5) is 4.23. The van der Waals surface area contributed by atoms with Gasteiger partial charge in [0.05, 0.1) is 17.0 Å². The minimum absolute atomic E-state index is 0.205. The first-order valence-electron chi connectivity index (χ1n) is 9.32. The van der Waals surface area contributed by atoms with Crippen LogP contribution in [-0.4, -0.2) is 27.1 Å². The summed E-state index contributed by atoms with van der Waals surface area (Å²) in [5, 5.41) is 12.9. The Hall–Kier alpha value is -3.60. The number of thioether (sulfide) groups is 1. The van der Waals surface area contributed by atoms with Gasteiger partial charge in [0.15, 0.2) is 11.5 Å². The Bertz CT molecular complexity index is 1240. The van der Waals surface area contributed by atoms with Crippen molar-refractivity contribution in [1.29, 1.82) is 0 Å². The zero-order chi connectivity index (χ0) is 22.1. The number of rotatable bonds is 5. The molecule has 7 nitrogen and oxygen atoms in total. The van der Waals surface area contributed by atoms with Gasteiger partial charge in [-0.1, -0.05) is 29.1 Å². The van der Waals surface area contributed by atoms with Crippen LogP contribution in [0.3, 0.4) is 0 Å². The molecule has 32 heavy (non-hydrogen) atoms. The first-order valence-corrected chi connectivity index (χ1v) is 10.3. The van der Waals surface area contributed by atoms with E-state index in [1.54, 1.807) is 0 Å². The van der Waals surface area contributed by atoms with Crippen molar-refractivity contribution in [2.24, 2.45) is 0 Å². The first kappa shape index (κ1) is 20.3. The van der Waals surface area contributed by atoms with E-state index in [9.17, 15) is 13.2 Å². The third-order valence-electron chi connectivity index (χ3n) is 4.59. The standard InChI is InChI=1S/C21H13F3N4O3S/c22-21(23,24)14-4-1-12(2-5-14)20-25-18(31-28-20)10-32-19-8-6-15(26-27-19)13-3-7-16-17(9-13)30-11-29-16/h1-9H,10-11H2. The van der Waals surface area contributed by atoms with Gasteiger partial charge < -0.3 is 14.0 Å². The van der Waals surface area contributed by atoms with E-state index in [-0.39, 0.29) is 12.6 Å². The van der Waals surface area contributed by atoms with Crippen LogP contribution in [0.2, 0.25) is 0 Å². The van der Waals surface area contributed by atoms with E-state index in [0.717, 1.165) is 17.7 Å². The van der Waals surface area contributed by atoms with Crippen molar-refractivity contribution in [1.82, 2.24) is 20.3 Å². The maximum Gasteiger partial charge on any atom is 0.416 e. The summed E-state index contributed by atoms with van der Waals surface area (Å²) < 4.78 is 53.9. The van der Waals surface area contributed by atoms with Crippen molar-refractivity contribution >= 4 is 11.8 Å². The van der Waals surface area contributed by atoms with E-state index in [0.29, 0.717) is 39.4 Å². The van der Waals surface area contributed by atoms with Crippen LogP contribution in [-0.2, 0) is 11.9 Å². The summed E-state index contributed by atoms with van der Waals surface area (Å²) in [7, 11) is 0. The Balaban J connectivity index is 1.22. The van der Waals surface area contributed by atoms with Crippen LogP contribution >= 0.6 is 11.8 Å². The average Bonchev–Trinajstić information content (AvgIpc) is 3.47. The number of hydrogen-bond donors (Lipinski definition) is 0. The Kier molecular flexibility index (Phi) is 5.17. The molecule has 0 N–H and O–H groups in total. The molecule has 3 heterocycles. The molecule has 0 radical (unpaired) electrons. The topological polar surface area (TPSA) is 83.2 Å². The zero-order valence-corrected chi connectivity index (χ0v) is 17.0. The SMILES string of the molecule is FC(F)(F)c1ccc(-c2noc(CSc3ccc(-c4ccc5c(c4)OCO5)nn3)n2)cc1. The number of benzene rings is 2. The van der Waals surface area contributed by atoms with Crippen molar-refractivity contribution in [3.8, 4) is 34.1 Å². The molecule has 4 aromatic rings. The number of fused-ring (bicyclic) bond motifs is 1. The second-order valence-electron chi connectivity index (χ2n) is 6.70. The summed E-state index contributed by atoms with van der Waals surface area (Å²) in [5.74, 6) is 2.25. The second kappa shape index (κ2) is 8.15. The fourth-order valence-electron chi connectivity index (χ4n) is 2.98. The molecule has 0 spiro atoms. The number of aromatic nitrogens is 4. The smallest absolute Gasteiger partial charge is 0.416 e. The minimum atomic E-state index is -4.39. The van der Waals surface area contributed by atoms with Gasteiger partial charge >= 0.3 is 6.18 Å². The molecule has 0 saturated carbocycles. The zero-order valence-electron chi connectivity index (χ0n) is 16.2. The van der Waals surface area contributed by atoms with Gasteiger partial charge in [0.25, 0.3) is 0 Å². The molecule has 0 aliphatic carbocycles. The van der Waals surface area contributed by atoms with Crippen molar-refractivity contribution in [2.45, 2.75) is 17.0 Å². The van der Waals surface area contributed by atoms with Crippen molar-refractivity contribution in [3.05, 3.63) is 66.1 Å². The lowest BCUT2D eigenvalue weighted by atomic mass is 10.1. The highest BCUT2D eigenvalue weighted by atomic mass is 32.2. The molecule has 162 valence electrons. The van der Waals surface area contributed by atoms with E-state index in [4.69, 9.17) is 14.0 Å². The largest absolute Gasteiger partial charge is 0.454 e. The van der Waals surface area contributed by atoms with Crippen molar-refractivity contribution < 1.29 is 27.2 Å². The molecule has 2 aromatic carbocycles. The highest BCUT2D eigenvalue weighted by Crippen LogP contribution is 2.35. The Morgan fingerprint density at radius 3 is 2.41 bits per heavy atom. The van der Waals surface area contributed by atoms with E-state index in [1.165, 1.54) is 23.9 Å². The summed E-state index contributed by atoms with van der Waals surface area (Å²) in [6, 6.07) is 13.8. The molecule has 0 fully saturated rings. The highest BCUT2D eigenvalue weighted by Gasteiger charge is 2.30. The molecule has 1 aliphatic rings. The molecular weight excluding hydrogens is 445 g/mol. The van der Waals surface area contributed by atoms with Gasteiger partial charge in [0.1, 0.15) is 5.03 Å². The molecule has 0 unspecified atom stereocenters. The van der Waals surface area contributed by atoms with Crippen LogP contribution < -0.4 is 9.47 Å². The van der Waals surface area contributed by atoms with E-state index in [2.05, 4.69) is 20.3 Å². The summed E-state index contributed by atoms with van der Waals surface area (Å²) in [6.45, 7) is 0.205. The predicted molar refractivity (Wildman–Crippen MR) is 108 cm³/mol. The second-order valence-corrected chi connectivity index (χ2v) is 7.70. The maximum absolute atomic E-state index is 12.7. The van der Waals surface area contributed by atoms with Crippen LogP contribution in [0.4, 0.5) is 13.2 Å². The first-order chi connectivity index (χ1) is 15.5. The predicted octanol–water partition coefficient (Wildman–Crippen LogP) is 5.23. The van der Waals surface area contributed by atoms with Crippen molar-refractivity contribution in [3.63, 3.8) is 0 Å². The van der Waals surface area contributed by atoms with E-state index >= 15 is 0 Å². The van der Waals surface area contributed by atoms with Crippen LogP contribution in [0.25, 0.3) is 22.6 Å². The quantitative estimate of drug-likeness (QED) is 0.376. The van der Waals surface area contributed by atoms with Gasteiger partial charge in [-0.15, -0.1) is 10.2 Å². The molecule has 1 aliphatic heterocycles. The van der Waals surface area contributed by atoms with Gasteiger partial charge in [-0.2, -0.15) is 18.2 Å². The van der Waals surface area contributed by atoms with Crippen LogP contribution in [0.15, 0.2) is 64.1 Å². The average molecular weight is 458 g/mol. The van der Waals surface area contributed by atoms with Gasteiger partial charge in [0, 0.05) is 11.1 Å². The number of ether oxygens (including phenoxy) is 2. The summed E-state index contributed by atoms with van der Waals surface area (Å²) >= 11 is 1.35. The molecular formula is C21H13F3N4O3S. The molecule has 0 atom stereocenters. The molecule has 0 amide bonds. The maximum atomic E-state index is 12.7. The third-order valence-corrected chi connectivity index (χ3v) is 5.50. The van der Waals surface area contributed by atoms with Gasteiger partial charge in [-0.25, -0.2) is 0 Å². The fourth-order valence-corrected chi connectivity index (χ4v) is 3.63. The van der Waals surface area contributed by atoms with Crippen LogP contribution in [0, 0.1) is 0 Å². The monoisotopic (exact) mass is 458 g/mol. The third kappa shape index (κ3) is 4.24. The molecule has 0 bridgehead atoms.